The third-order valence-corrected chi connectivity index (χ3v) is 6.75. The van der Waals surface area contributed by atoms with Crippen molar-refractivity contribution in [2.75, 3.05) is 0 Å². The van der Waals surface area contributed by atoms with Crippen LogP contribution < -0.4 is 0 Å². The summed E-state index contributed by atoms with van der Waals surface area (Å²) in [7, 11) is -4.37. The lowest BCUT2D eigenvalue weighted by Crippen LogP contribution is -2.20. The van der Waals surface area contributed by atoms with Gasteiger partial charge in [0.05, 0.1) is 11.5 Å². The summed E-state index contributed by atoms with van der Waals surface area (Å²) in [6, 6.07) is 9.50. The maximum Gasteiger partial charge on any atom is 0.395 e. The van der Waals surface area contributed by atoms with E-state index in [1.54, 1.807) is 6.08 Å². The van der Waals surface area contributed by atoms with E-state index in [-0.39, 0.29) is 22.8 Å². The van der Waals surface area contributed by atoms with Gasteiger partial charge in [-0.25, -0.2) is 0 Å². The predicted octanol–water partition coefficient (Wildman–Crippen LogP) is 5.61. The second kappa shape index (κ2) is 9.16. The van der Waals surface area contributed by atoms with Crippen molar-refractivity contribution in [1.29, 1.82) is 5.26 Å². The van der Waals surface area contributed by atoms with Gasteiger partial charge in [-0.15, -0.1) is 0 Å². The van der Waals surface area contributed by atoms with Gasteiger partial charge in [0.25, 0.3) is 0 Å². The van der Waals surface area contributed by atoms with Crippen molar-refractivity contribution in [2.45, 2.75) is 25.9 Å². The molecule has 1 aromatic carbocycles. The molecule has 1 aliphatic heterocycles. The molecule has 0 spiro atoms. The summed E-state index contributed by atoms with van der Waals surface area (Å²) in [5.74, 6) is -1.71. The molecule has 1 atom stereocenters. The average molecular weight is 467 g/mol. The van der Waals surface area contributed by atoms with Crippen LogP contribution in [0.4, 0.5) is 13.2 Å². The van der Waals surface area contributed by atoms with Crippen LogP contribution in [0.5, 0.6) is 0 Å². The summed E-state index contributed by atoms with van der Waals surface area (Å²) in [4.78, 5) is 0.210. The molecule has 1 heterocycles. The first-order valence-electron chi connectivity index (χ1n) is 9.15. The highest BCUT2D eigenvalue weighted by Crippen LogP contribution is 2.36. The summed E-state index contributed by atoms with van der Waals surface area (Å²) in [5.41, 5.74) is 2.08. The van der Waals surface area contributed by atoms with Gasteiger partial charge in [-0.3, -0.25) is 4.28 Å². The molecule has 3 rings (SSSR count). The van der Waals surface area contributed by atoms with Crippen molar-refractivity contribution in [1.82, 2.24) is 0 Å². The molecule has 1 aliphatic carbocycles. The van der Waals surface area contributed by atoms with Crippen LogP contribution in [0.3, 0.4) is 0 Å². The lowest BCUT2D eigenvalue weighted by molar-refractivity contribution is -0.162. The van der Waals surface area contributed by atoms with Crippen molar-refractivity contribution in [3.05, 3.63) is 75.6 Å². The zero-order valence-corrected chi connectivity index (χ0v) is 17.9. The van der Waals surface area contributed by atoms with Crippen LogP contribution in [0.15, 0.2) is 69.6 Å². The highest BCUT2D eigenvalue weighted by Gasteiger charge is 2.38. The van der Waals surface area contributed by atoms with Crippen LogP contribution in [-0.4, -0.2) is 19.6 Å². The van der Waals surface area contributed by atoms with E-state index in [0.29, 0.717) is 10.5 Å². The van der Waals surface area contributed by atoms with E-state index in [2.05, 4.69) is 11.2 Å². The SMILES string of the molecule is Cc1ccccc1/C(C#N)=C1\C=CC(=NOS(=O)(=O)C2=CCCC(C(F)(F)F)C=C2)S1. The Hall–Kier alpha value is -2.77. The minimum Gasteiger partial charge on any atom is -0.264 e. The molecule has 1 aromatic rings. The van der Waals surface area contributed by atoms with Crippen LogP contribution in [-0.2, 0) is 14.4 Å². The third kappa shape index (κ3) is 5.48. The summed E-state index contributed by atoms with van der Waals surface area (Å²) >= 11 is 1.06. The maximum atomic E-state index is 12.9. The zero-order valence-electron chi connectivity index (χ0n) is 16.3. The molecule has 0 radical (unpaired) electrons. The summed E-state index contributed by atoms with van der Waals surface area (Å²) in [5, 5.41) is 13.4. The highest BCUT2D eigenvalue weighted by molar-refractivity contribution is 8.18. The minimum absolute atomic E-state index is 0.0604. The van der Waals surface area contributed by atoms with E-state index in [1.807, 2.05) is 31.2 Å². The van der Waals surface area contributed by atoms with Crippen LogP contribution in [0.2, 0.25) is 0 Å². The van der Waals surface area contributed by atoms with E-state index in [1.165, 1.54) is 12.2 Å². The third-order valence-electron chi connectivity index (χ3n) is 4.61. The molecule has 31 heavy (non-hydrogen) atoms. The first-order chi connectivity index (χ1) is 14.6. The lowest BCUT2D eigenvalue weighted by Gasteiger charge is -2.14. The number of oxime groups is 1. The number of halogens is 3. The Morgan fingerprint density at radius 2 is 2.00 bits per heavy atom. The van der Waals surface area contributed by atoms with Crippen LogP contribution in [0, 0.1) is 24.2 Å². The van der Waals surface area contributed by atoms with E-state index < -0.39 is 22.2 Å². The zero-order chi connectivity index (χ0) is 22.6. The molecule has 0 amide bonds. The van der Waals surface area contributed by atoms with Crippen molar-refractivity contribution in [3.8, 4) is 6.07 Å². The quantitative estimate of drug-likeness (QED) is 0.426. The molecule has 0 fully saturated rings. The molecule has 1 unspecified atom stereocenters. The van der Waals surface area contributed by atoms with Gasteiger partial charge < -0.3 is 0 Å². The van der Waals surface area contributed by atoms with E-state index in [4.69, 9.17) is 4.28 Å². The first-order valence-corrected chi connectivity index (χ1v) is 11.4. The molecule has 0 aromatic heterocycles. The number of hydrogen-bond donors (Lipinski definition) is 0. The highest BCUT2D eigenvalue weighted by atomic mass is 32.2. The number of rotatable bonds is 4. The van der Waals surface area contributed by atoms with Gasteiger partial charge in [0, 0.05) is 4.91 Å². The van der Waals surface area contributed by atoms with Gasteiger partial charge >= 0.3 is 16.3 Å². The molecule has 162 valence electrons. The Morgan fingerprint density at radius 1 is 1.26 bits per heavy atom. The number of allylic oxidation sites excluding steroid dienone is 5. The predicted molar refractivity (Wildman–Crippen MR) is 114 cm³/mol. The number of hydrogen-bond acceptors (Lipinski definition) is 6. The van der Waals surface area contributed by atoms with Crippen LogP contribution in [0.1, 0.15) is 24.0 Å². The Balaban J connectivity index is 1.76. The largest absolute Gasteiger partial charge is 0.395 e. The van der Waals surface area contributed by atoms with E-state index in [9.17, 15) is 26.9 Å². The van der Waals surface area contributed by atoms with Crippen LogP contribution in [0.25, 0.3) is 5.57 Å². The van der Waals surface area contributed by atoms with Crippen molar-refractivity contribution < 1.29 is 25.9 Å². The molecular formula is C21H17F3N2O3S2. The topological polar surface area (TPSA) is 79.5 Å². The Labute approximate surface area is 182 Å². The van der Waals surface area contributed by atoms with Gasteiger partial charge in [0.15, 0.2) is 0 Å². The Morgan fingerprint density at radius 3 is 2.68 bits per heavy atom. The normalized spacial score (nSPS) is 22.1. The van der Waals surface area contributed by atoms with E-state index in [0.717, 1.165) is 35.0 Å². The van der Waals surface area contributed by atoms with Gasteiger partial charge in [-0.05, 0) is 49.1 Å². The number of benzene rings is 1. The Bertz CT molecular complexity index is 1170. The summed E-state index contributed by atoms with van der Waals surface area (Å²) in [6.45, 7) is 1.87. The van der Waals surface area contributed by atoms with Crippen molar-refractivity contribution in [2.24, 2.45) is 11.1 Å². The second-order valence-corrected chi connectivity index (χ2v) is 9.34. The summed E-state index contributed by atoms with van der Waals surface area (Å²) in [6.07, 6.45) is 1.30. The second-order valence-electron chi connectivity index (χ2n) is 6.75. The molecule has 0 N–H and O–H groups in total. The smallest absolute Gasteiger partial charge is 0.264 e. The molecule has 0 saturated carbocycles. The standard InChI is InChI=1S/C21H17F3N2O3S2/c1-14-5-2-3-8-17(14)18(13-25)19-11-12-20(30-19)26-29-31(27,28)16-7-4-6-15(9-10-16)21(22,23)24/h2-3,5,7-12,15H,4,6H2,1H3/b19-18+,26-20?. The number of aryl methyl sites for hydroxylation is 1. The maximum absolute atomic E-state index is 12.9. The van der Waals surface area contributed by atoms with Gasteiger partial charge in [0.1, 0.15) is 16.0 Å². The van der Waals surface area contributed by atoms with Gasteiger partial charge in [0.2, 0.25) is 0 Å². The molecule has 2 aliphatic rings. The first kappa shape index (κ1) is 22.9. The van der Waals surface area contributed by atoms with Crippen LogP contribution >= 0.6 is 11.8 Å². The molecule has 0 saturated heterocycles. The number of nitrogens with zero attached hydrogens (tertiary/aromatic N) is 2. The van der Waals surface area contributed by atoms with Crippen molar-refractivity contribution >= 4 is 32.5 Å². The lowest BCUT2D eigenvalue weighted by atomic mass is 10.0. The summed E-state index contributed by atoms with van der Waals surface area (Å²) < 4.78 is 68.0. The number of nitriles is 1. The molecule has 0 bridgehead atoms. The number of thioether (sulfide) groups is 1. The fraction of sp³-hybridized carbons (Fsp3) is 0.238. The Kier molecular flexibility index (Phi) is 6.77. The average Bonchev–Trinajstić information content (AvgIpc) is 3.01. The van der Waals surface area contributed by atoms with Gasteiger partial charge in [-0.1, -0.05) is 53.3 Å². The van der Waals surface area contributed by atoms with E-state index >= 15 is 0 Å². The minimum atomic E-state index is -4.44. The monoisotopic (exact) mass is 466 g/mol. The van der Waals surface area contributed by atoms with Crippen molar-refractivity contribution in [3.63, 3.8) is 0 Å². The fourth-order valence-electron chi connectivity index (χ4n) is 2.98. The molecular weight excluding hydrogens is 449 g/mol. The number of alkyl halides is 3. The fourth-order valence-corrected chi connectivity index (χ4v) is 4.69. The van der Waals surface area contributed by atoms with Gasteiger partial charge in [-0.2, -0.15) is 26.9 Å². The molecule has 10 heteroatoms. The molecule has 5 nitrogen and oxygen atoms in total.